The Hall–Kier alpha value is -1.51. The second-order valence-corrected chi connectivity index (χ2v) is 3.37. The number of ketones is 1. The minimum absolute atomic E-state index is 0.215. The second kappa shape index (κ2) is 3.70. The molecule has 0 unspecified atom stereocenters. The molecule has 1 aliphatic rings. The van der Waals surface area contributed by atoms with E-state index in [1.807, 2.05) is 18.2 Å². The van der Waals surface area contributed by atoms with Crippen LogP contribution in [0.5, 0.6) is 5.75 Å². The van der Waals surface area contributed by atoms with Gasteiger partial charge in [0.25, 0.3) is 0 Å². The van der Waals surface area contributed by atoms with Crippen LogP contribution in [0.15, 0.2) is 18.2 Å². The fourth-order valence-corrected chi connectivity index (χ4v) is 1.65. The van der Waals surface area contributed by atoms with Crippen molar-refractivity contribution in [3.8, 4) is 5.75 Å². The van der Waals surface area contributed by atoms with Gasteiger partial charge < -0.3 is 10.1 Å². The minimum atomic E-state index is 0.215. The maximum Gasteiger partial charge on any atom is 0.165 e. The van der Waals surface area contributed by atoms with Crippen molar-refractivity contribution in [1.82, 2.24) is 0 Å². The molecule has 0 saturated heterocycles. The fraction of sp³-hybridized carbons (Fsp3) is 0.364. The second-order valence-electron chi connectivity index (χ2n) is 3.37. The zero-order valence-electron chi connectivity index (χ0n) is 8.17. The first-order chi connectivity index (χ1) is 6.81. The molecule has 1 N–H and O–H groups in total. The molecule has 14 heavy (non-hydrogen) atoms. The van der Waals surface area contributed by atoms with Crippen LogP contribution >= 0.6 is 0 Å². The highest BCUT2D eigenvalue weighted by molar-refractivity contribution is 6.02. The van der Waals surface area contributed by atoms with Crippen LogP contribution in [0.25, 0.3) is 0 Å². The molecular weight excluding hydrogens is 178 g/mol. The highest BCUT2D eigenvalue weighted by atomic mass is 16.5. The molecule has 1 aromatic carbocycles. The molecule has 0 aliphatic carbocycles. The van der Waals surface area contributed by atoms with Crippen molar-refractivity contribution in [2.45, 2.75) is 12.8 Å². The van der Waals surface area contributed by atoms with Crippen LogP contribution in [-0.4, -0.2) is 19.4 Å². The molecule has 1 aromatic rings. The Balaban J connectivity index is 2.43. The lowest BCUT2D eigenvalue weighted by Gasteiger charge is -2.08. The maximum absolute atomic E-state index is 11.6. The highest BCUT2D eigenvalue weighted by Crippen LogP contribution is 2.25. The van der Waals surface area contributed by atoms with E-state index in [9.17, 15) is 4.79 Å². The number of methoxy groups -OCH3 is 1. The van der Waals surface area contributed by atoms with Crippen LogP contribution in [0.3, 0.4) is 0 Å². The van der Waals surface area contributed by atoms with Crippen LogP contribution in [0, 0.1) is 0 Å². The average molecular weight is 191 g/mol. The third-order valence-corrected chi connectivity index (χ3v) is 2.42. The molecule has 3 nitrogen and oxygen atoms in total. The largest absolute Gasteiger partial charge is 0.497 e. The Kier molecular flexibility index (Phi) is 2.39. The van der Waals surface area contributed by atoms with E-state index in [0.717, 1.165) is 30.0 Å². The molecule has 2 rings (SSSR count). The summed E-state index contributed by atoms with van der Waals surface area (Å²) in [4.78, 5) is 11.6. The van der Waals surface area contributed by atoms with Crippen LogP contribution in [-0.2, 0) is 0 Å². The van der Waals surface area contributed by atoms with Gasteiger partial charge in [-0.1, -0.05) is 0 Å². The molecule has 0 amide bonds. The molecule has 1 heterocycles. The van der Waals surface area contributed by atoms with Crippen molar-refractivity contribution in [1.29, 1.82) is 0 Å². The Morgan fingerprint density at radius 3 is 3.07 bits per heavy atom. The van der Waals surface area contributed by atoms with Gasteiger partial charge in [0.05, 0.1) is 7.11 Å². The zero-order chi connectivity index (χ0) is 9.97. The summed E-state index contributed by atoms with van der Waals surface area (Å²) in [6.07, 6.45) is 1.53. The number of carbonyl (C=O) groups excluding carboxylic acids is 1. The predicted molar refractivity (Wildman–Crippen MR) is 55.0 cm³/mol. The van der Waals surface area contributed by atoms with Gasteiger partial charge in [-0.05, 0) is 18.6 Å². The maximum atomic E-state index is 11.6. The molecule has 0 atom stereocenters. The van der Waals surface area contributed by atoms with Crippen LogP contribution in [0.1, 0.15) is 23.2 Å². The molecule has 1 aliphatic heterocycles. The monoisotopic (exact) mass is 191 g/mol. The summed E-state index contributed by atoms with van der Waals surface area (Å²) >= 11 is 0. The quantitative estimate of drug-likeness (QED) is 0.738. The topological polar surface area (TPSA) is 38.3 Å². The van der Waals surface area contributed by atoms with Crippen LogP contribution in [0.4, 0.5) is 5.69 Å². The lowest BCUT2D eigenvalue weighted by Crippen LogP contribution is -2.00. The molecule has 0 fully saturated rings. The van der Waals surface area contributed by atoms with Gasteiger partial charge in [-0.2, -0.15) is 0 Å². The molecule has 0 spiro atoms. The summed E-state index contributed by atoms with van der Waals surface area (Å²) in [5.74, 6) is 0.999. The number of ether oxygens (including phenoxy) is 1. The third kappa shape index (κ3) is 1.58. The van der Waals surface area contributed by atoms with Gasteiger partial charge in [0.15, 0.2) is 5.78 Å². The van der Waals surface area contributed by atoms with Crippen molar-refractivity contribution >= 4 is 11.5 Å². The smallest absolute Gasteiger partial charge is 0.165 e. The number of fused-ring (bicyclic) bond motifs is 1. The molecule has 74 valence electrons. The zero-order valence-corrected chi connectivity index (χ0v) is 8.17. The Morgan fingerprint density at radius 2 is 2.29 bits per heavy atom. The van der Waals surface area contributed by atoms with Crippen molar-refractivity contribution in [2.24, 2.45) is 0 Å². The summed E-state index contributed by atoms with van der Waals surface area (Å²) < 4.78 is 5.11. The van der Waals surface area contributed by atoms with E-state index < -0.39 is 0 Å². The molecule has 0 bridgehead atoms. The first-order valence-corrected chi connectivity index (χ1v) is 4.76. The standard InChI is InChI=1S/C11H13NO2/c1-14-8-4-5-9-10(7-8)12-6-2-3-11(9)13/h4-5,7,12H,2-3,6H2,1H3. The Morgan fingerprint density at radius 1 is 1.43 bits per heavy atom. The van der Waals surface area contributed by atoms with Gasteiger partial charge in [-0.15, -0.1) is 0 Å². The van der Waals surface area contributed by atoms with Gasteiger partial charge in [0, 0.05) is 30.3 Å². The molecule has 0 aromatic heterocycles. The summed E-state index contributed by atoms with van der Waals surface area (Å²) in [5, 5.41) is 3.23. The normalized spacial score (nSPS) is 15.4. The number of carbonyl (C=O) groups is 1. The van der Waals surface area contributed by atoms with E-state index in [1.165, 1.54) is 0 Å². The van der Waals surface area contributed by atoms with Crippen LogP contribution < -0.4 is 10.1 Å². The number of nitrogens with one attached hydrogen (secondary N) is 1. The Labute approximate surface area is 83.1 Å². The average Bonchev–Trinajstić information content (AvgIpc) is 2.40. The van der Waals surface area contributed by atoms with Gasteiger partial charge in [-0.3, -0.25) is 4.79 Å². The van der Waals surface area contributed by atoms with Crippen molar-refractivity contribution in [3.63, 3.8) is 0 Å². The van der Waals surface area contributed by atoms with E-state index in [4.69, 9.17) is 4.74 Å². The van der Waals surface area contributed by atoms with E-state index in [-0.39, 0.29) is 5.78 Å². The van der Waals surface area contributed by atoms with Gasteiger partial charge >= 0.3 is 0 Å². The Bertz CT molecular complexity index is 360. The molecule has 3 heteroatoms. The summed E-state index contributed by atoms with van der Waals surface area (Å²) in [7, 11) is 1.63. The summed E-state index contributed by atoms with van der Waals surface area (Å²) in [6.45, 7) is 0.853. The lowest BCUT2D eigenvalue weighted by atomic mass is 10.1. The van der Waals surface area contributed by atoms with Gasteiger partial charge in [-0.25, -0.2) is 0 Å². The van der Waals surface area contributed by atoms with E-state index in [2.05, 4.69) is 5.32 Å². The van der Waals surface area contributed by atoms with E-state index in [1.54, 1.807) is 7.11 Å². The van der Waals surface area contributed by atoms with Crippen molar-refractivity contribution in [2.75, 3.05) is 19.0 Å². The lowest BCUT2D eigenvalue weighted by molar-refractivity contribution is 0.0984. The van der Waals surface area contributed by atoms with Gasteiger partial charge in [0.2, 0.25) is 0 Å². The minimum Gasteiger partial charge on any atom is -0.497 e. The molecular formula is C11H13NO2. The summed E-state index contributed by atoms with van der Waals surface area (Å²) in [5.41, 5.74) is 1.68. The molecule has 0 saturated carbocycles. The third-order valence-electron chi connectivity index (χ3n) is 2.42. The highest BCUT2D eigenvalue weighted by Gasteiger charge is 2.15. The first kappa shape index (κ1) is 9.06. The van der Waals surface area contributed by atoms with Crippen molar-refractivity contribution in [3.05, 3.63) is 23.8 Å². The molecule has 0 radical (unpaired) electrons. The van der Waals surface area contributed by atoms with E-state index >= 15 is 0 Å². The van der Waals surface area contributed by atoms with E-state index in [0.29, 0.717) is 6.42 Å². The SMILES string of the molecule is COc1ccc2c(c1)NCCCC2=O. The van der Waals surface area contributed by atoms with Crippen LogP contribution in [0.2, 0.25) is 0 Å². The fourth-order valence-electron chi connectivity index (χ4n) is 1.65. The number of rotatable bonds is 1. The summed E-state index contributed by atoms with van der Waals surface area (Å²) in [6, 6.07) is 5.52. The number of benzene rings is 1. The van der Waals surface area contributed by atoms with Gasteiger partial charge in [0.1, 0.15) is 5.75 Å². The number of hydrogen-bond donors (Lipinski definition) is 1. The number of Topliss-reactive ketones (excluding diaryl/α,β-unsaturated/α-hetero) is 1. The number of anilines is 1. The number of hydrogen-bond acceptors (Lipinski definition) is 3. The first-order valence-electron chi connectivity index (χ1n) is 4.76. The van der Waals surface area contributed by atoms with Crippen molar-refractivity contribution < 1.29 is 9.53 Å². The predicted octanol–water partition coefficient (Wildman–Crippen LogP) is 2.08.